The first-order chi connectivity index (χ1) is 16.2. The molecule has 7 heteroatoms. The number of benzene rings is 3. The lowest BCUT2D eigenvalue weighted by Gasteiger charge is -2.26. The summed E-state index contributed by atoms with van der Waals surface area (Å²) in [5.74, 6) is 1.90. The van der Waals surface area contributed by atoms with E-state index in [0.29, 0.717) is 35.9 Å². The van der Waals surface area contributed by atoms with Crippen LogP contribution in [0.15, 0.2) is 85.1 Å². The molecule has 0 fully saturated rings. The van der Waals surface area contributed by atoms with Crippen LogP contribution in [-0.4, -0.2) is 42.1 Å². The maximum Gasteiger partial charge on any atom is 0.255 e. The topological polar surface area (TPSA) is 74.6 Å². The molecule has 1 aliphatic heterocycles. The maximum absolute atomic E-state index is 13.2. The van der Waals surface area contributed by atoms with Crippen molar-refractivity contribution in [3.8, 4) is 34.2 Å². The van der Waals surface area contributed by atoms with Crippen LogP contribution in [-0.2, 0) is 0 Å². The Morgan fingerprint density at radius 2 is 1.76 bits per heavy atom. The Labute approximate surface area is 191 Å². The Bertz CT molecular complexity index is 1250. The number of para-hydroxylation sites is 3. The minimum Gasteiger partial charge on any atom is -0.497 e. The second-order valence-electron chi connectivity index (χ2n) is 7.61. The van der Waals surface area contributed by atoms with E-state index in [1.54, 1.807) is 18.0 Å². The fraction of sp³-hybridized carbons (Fsp3) is 0.154. The van der Waals surface area contributed by atoms with E-state index in [-0.39, 0.29) is 12.0 Å². The van der Waals surface area contributed by atoms with E-state index in [1.165, 1.54) is 0 Å². The average Bonchev–Trinajstić information content (AvgIpc) is 3.33. The molecule has 1 aliphatic rings. The lowest BCUT2D eigenvalue weighted by Crippen LogP contribution is -2.40. The zero-order valence-electron chi connectivity index (χ0n) is 18.1. The maximum atomic E-state index is 13.2. The zero-order chi connectivity index (χ0) is 22.6. The van der Waals surface area contributed by atoms with Gasteiger partial charge in [-0.1, -0.05) is 30.3 Å². The number of rotatable bonds is 6. The minimum atomic E-state index is -0.280. The molecule has 0 bridgehead atoms. The van der Waals surface area contributed by atoms with Crippen molar-refractivity contribution in [3.63, 3.8) is 0 Å². The molecule has 4 aromatic rings. The molecule has 33 heavy (non-hydrogen) atoms. The van der Waals surface area contributed by atoms with Crippen molar-refractivity contribution in [1.82, 2.24) is 15.1 Å². The van der Waals surface area contributed by atoms with Crippen molar-refractivity contribution in [2.24, 2.45) is 0 Å². The normalized spacial score (nSPS) is 14.5. The number of nitrogens with one attached hydrogen (secondary N) is 1. The second-order valence-corrected chi connectivity index (χ2v) is 7.61. The Kier molecular flexibility index (Phi) is 5.68. The monoisotopic (exact) mass is 441 g/mol. The number of hydrogen-bond acceptors (Lipinski definition) is 5. The van der Waals surface area contributed by atoms with Gasteiger partial charge in [0.1, 0.15) is 24.2 Å². The van der Waals surface area contributed by atoms with Gasteiger partial charge in [0.05, 0.1) is 24.9 Å². The number of carbonyl (C=O) groups excluding carboxylic acids is 1. The van der Waals surface area contributed by atoms with Crippen molar-refractivity contribution in [3.05, 3.63) is 90.6 Å². The molecule has 0 saturated heterocycles. The van der Waals surface area contributed by atoms with E-state index in [9.17, 15) is 4.79 Å². The summed E-state index contributed by atoms with van der Waals surface area (Å²) in [5, 5.41) is 7.69. The summed E-state index contributed by atoms with van der Waals surface area (Å²) >= 11 is 0. The summed E-state index contributed by atoms with van der Waals surface area (Å²) in [6.45, 7) is 0.678. The van der Waals surface area contributed by atoms with Gasteiger partial charge in [-0.3, -0.25) is 4.79 Å². The van der Waals surface area contributed by atoms with Crippen LogP contribution in [0.25, 0.3) is 16.9 Å². The standard InChI is InChI=1S/C26H23N3O4/c1-31-20-13-11-18(12-14-20)25-22(16-29(28-25)19-7-3-2-4-8-19)26(30)27-15-21-17-32-23-9-5-6-10-24(23)33-21/h2-14,16,21H,15,17H2,1H3,(H,27,30). The molecule has 1 unspecified atom stereocenters. The van der Waals surface area contributed by atoms with Crippen molar-refractivity contribution in [1.29, 1.82) is 0 Å². The Balaban J connectivity index is 1.38. The van der Waals surface area contributed by atoms with E-state index in [0.717, 1.165) is 17.0 Å². The number of fused-ring (bicyclic) bond motifs is 1. The quantitative estimate of drug-likeness (QED) is 0.487. The Morgan fingerprint density at radius 3 is 2.52 bits per heavy atom. The van der Waals surface area contributed by atoms with Gasteiger partial charge in [0.2, 0.25) is 0 Å². The van der Waals surface area contributed by atoms with Gasteiger partial charge in [-0.05, 0) is 48.5 Å². The third-order valence-electron chi connectivity index (χ3n) is 5.40. The van der Waals surface area contributed by atoms with Crippen LogP contribution in [0.2, 0.25) is 0 Å². The highest BCUT2D eigenvalue weighted by Crippen LogP contribution is 2.31. The summed E-state index contributed by atoms with van der Waals surface area (Å²) < 4.78 is 18.7. The van der Waals surface area contributed by atoms with E-state index in [1.807, 2.05) is 78.9 Å². The summed E-state index contributed by atoms with van der Waals surface area (Å²) in [5.41, 5.74) is 2.75. The number of nitrogens with zero attached hydrogens (tertiary/aromatic N) is 2. The highest BCUT2D eigenvalue weighted by Gasteiger charge is 2.23. The minimum absolute atomic E-state index is 0.231. The van der Waals surface area contributed by atoms with Gasteiger partial charge in [0.15, 0.2) is 11.5 Å². The molecule has 5 rings (SSSR count). The van der Waals surface area contributed by atoms with Crippen molar-refractivity contribution in [2.75, 3.05) is 20.3 Å². The number of carbonyl (C=O) groups is 1. The lowest BCUT2D eigenvalue weighted by molar-refractivity contribution is 0.0789. The lowest BCUT2D eigenvalue weighted by atomic mass is 10.1. The van der Waals surface area contributed by atoms with Gasteiger partial charge in [0.25, 0.3) is 5.91 Å². The molecule has 0 spiro atoms. The van der Waals surface area contributed by atoms with Gasteiger partial charge in [-0.2, -0.15) is 5.10 Å². The Morgan fingerprint density at radius 1 is 1.03 bits per heavy atom. The number of amides is 1. The largest absolute Gasteiger partial charge is 0.497 e. The smallest absolute Gasteiger partial charge is 0.255 e. The summed E-state index contributed by atoms with van der Waals surface area (Å²) in [6, 6.07) is 24.7. The summed E-state index contributed by atoms with van der Waals surface area (Å²) in [4.78, 5) is 13.2. The van der Waals surface area contributed by atoms with Gasteiger partial charge < -0.3 is 19.5 Å². The molecule has 3 aromatic carbocycles. The van der Waals surface area contributed by atoms with Crippen LogP contribution in [0.5, 0.6) is 17.2 Å². The molecule has 1 atom stereocenters. The van der Waals surface area contributed by atoms with E-state index in [4.69, 9.17) is 19.3 Å². The predicted octanol–water partition coefficient (Wildman–Crippen LogP) is 4.12. The number of hydrogen-bond donors (Lipinski definition) is 1. The van der Waals surface area contributed by atoms with Crippen molar-refractivity contribution >= 4 is 5.91 Å². The molecule has 7 nitrogen and oxygen atoms in total. The first-order valence-corrected chi connectivity index (χ1v) is 10.7. The molecule has 0 saturated carbocycles. The van der Waals surface area contributed by atoms with Crippen LogP contribution < -0.4 is 19.5 Å². The number of aromatic nitrogens is 2. The van der Waals surface area contributed by atoms with E-state index >= 15 is 0 Å². The van der Waals surface area contributed by atoms with Crippen LogP contribution in [0, 0.1) is 0 Å². The van der Waals surface area contributed by atoms with Gasteiger partial charge in [-0.25, -0.2) is 4.68 Å². The molecular formula is C26H23N3O4. The molecule has 2 heterocycles. The second kappa shape index (κ2) is 9.08. The van der Waals surface area contributed by atoms with E-state index < -0.39 is 0 Å². The summed E-state index contributed by atoms with van der Waals surface area (Å²) in [7, 11) is 1.62. The highest BCUT2D eigenvalue weighted by atomic mass is 16.6. The third-order valence-corrected chi connectivity index (χ3v) is 5.40. The van der Waals surface area contributed by atoms with Crippen LogP contribution in [0.3, 0.4) is 0 Å². The highest BCUT2D eigenvalue weighted by molar-refractivity contribution is 6.00. The number of ether oxygens (including phenoxy) is 3. The fourth-order valence-corrected chi connectivity index (χ4v) is 3.68. The molecule has 1 amide bonds. The van der Waals surface area contributed by atoms with Gasteiger partial charge in [0, 0.05) is 11.8 Å². The van der Waals surface area contributed by atoms with Crippen molar-refractivity contribution < 1.29 is 19.0 Å². The molecule has 166 valence electrons. The molecule has 1 N–H and O–H groups in total. The molecule has 0 aliphatic carbocycles. The van der Waals surface area contributed by atoms with Gasteiger partial charge in [-0.15, -0.1) is 0 Å². The zero-order valence-corrected chi connectivity index (χ0v) is 18.1. The van der Waals surface area contributed by atoms with Crippen LogP contribution >= 0.6 is 0 Å². The number of methoxy groups -OCH3 is 1. The van der Waals surface area contributed by atoms with Crippen LogP contribution in [0.1, 0.15) is 10.4 Å². The SMILES string of the molecule is COc1ccc(-c2nn(-c3ccccc3)cc2C(=O)NCC2COc3ccccc3O2)cc1. The van der Waals surface area contributed by atoms with E-state index in [2.05, 4.69) is 5.32 Å². The van der Waals surface area contributed by atoms with Crippen molar-refractivity contribution in [2.45, 2.75) is 6.10 Å². The third kappa shape index (κ3) is 4.39. The first-order valence-electron chi connectivity index (χ1n) is 10.7. The first kappa shape index (κ1) is 20.6. The fourth-order valence-electron chi connectivity index (χ4n) is 3.68. The van der Waals surface area contributed by atoms with Gasteiger partial charge >= 0.3 is 0 Å². The predicted molar refractivity (Wildman–Crippen MR) is 124 cm³/mol. The Hall–Kier alpha value is -4.26. The molecule has 1 aromatic heterocycles. The average molecular weight is 441 g/mol. The van der Waals surface area contributed by atoms with Crippen LogP contribution in [0.4, 0.5) is 0 Å². The molecular weight excluding hydrogens is 418 g/mol. The molecule has 0 radical (unpaired) electrons. The summed E-state index contributed by atoms with van der Waals surface area (Å²) in [6.07, 6.45) is 1.47.